The van der Waals surface area contributed by atoms with E-state index in [4.69, 9.17) is 16.0 Å². The van der Waals surface area contributed by atoms with Crippen molar-refractivity contribution in [1.29, 1.82) is 0 Å². The van der Waals surface area contributed by atoms with E-state index in [9.17, 15) is 9.00 Å². The lowest BCUT2D eigenvalue weighted by Crippen LogP contribution is -2.05. The summed E-state index contributed by atoms with van der Waals surface area (Å²) in [5.74, 6) is 0.214. The van der Waals surface area contributed by atoms with Crippen molar-refractivity contribution in [2.75, 3.05) is 0 Å². The summed E-state index contributed by atoms with van der Waals surface area (Å²) in [6.07, 6.45) is 0. The largest absolute Gasteiger partial charge is 0.452 e. The standard InChI is InChI=1S/C22H15ClO3S/c23-16-10-12-17(13-11-16)27(25)14-19-18-8-4-5-9-20(18)26-22(19)21(24)15-6-2-1-3-7-15/h1-13H,14H2. The molecule has 1 aromatic heterocycles. The van der Waals surface area contributed by atoms with E-state index in [0.29, 0.717) is 26.6 Å². The molecule has 4 aromatic rings. The van der Waals surface area contributed by atoms with Gasteiger partial charge in [0, 0.05) is 26.4 Å². The van der Waals surface area contributed by atoms with Crippen molar-refractivity contribution < 1.29 is 13.4 Å². The molecule has 27 heavy (non-hydrogen) atoms. The molecule has 0 radical (unpaired) electrons. The zero-order chi connectivity index (χ0) is 18.8. The first-order valence-electron chi connectivity index (χ1n) is 8.37. The molecule has 134 valence electrons. The molecule has 1 unspecified atom stereocenters. The van der Waals surface area contributed by atoms with E-state index in [1.54, 1.807) is 48.5 Å². The van der Waals surface area contributed by atoms with Gasteiger partial charge in [0.1, 0.15) is 5.58 Å². The topological polar surface area (TPSA) is 47.3 Å². The molecule has 0 bridgehead atoms. The Hall–Kier alpha value is -2.69. The van der Waals surface area contributed by atoms with Crippen LogP contribution in [0.3, 0.4) is 0 Å². The summed E-state index contributed by atoms with van der Waals surface area (Å²) in [4.78, 5) is 13.6. The van der Waals surface area contributed by atoms with Gasteiger partial charge in [-0.2, -0.15) is 0 Å². The van der Waals surface area contributed by atoms with Crippen molar-refractivity contribution in [2.45, 2.75) is 10.6 Å². The van der Waals surface area contributed by atoms with E-state index in [1.807, 2.05) is 30.3 Å². The third-order valence-electron chi connectivity index (χ3n) is 4.29. The third-order valence-corrected chi connectivity index (χ3v) is 5.89. The number of hydrogen-bond donors (Lipinski definition) is 0. The molecule has 0 fully saturated rings. The Labute approximate surface area is 164 Å². The van der Waals surface area contributed by atoms with Crippen LogP contribution in [0.2, 0.25) is 5.02 Å². The predicted octanol–water partition coefficient (Wildman–Crippen LogP) is 5.63. The van der Waals surface area contributed by atoms with Crippen molar-refractivity contribution in [3.8, 4) is 0 Å². The Balaban J connectivity index is 1.78. The predicted molar refractivity (Wildman–Crippen MR) is 108 cm³/mol. The van der Waals surface area contributed by atoms with Crippen LogP contribution in [0.4, 0.5) is 0 Å². The van der Waals surface area contributed by atoms with Crippen LogP contribution in [-0.2, 0) is 16.6 Å². The number of rotatable bonds is 5. The molecule has 5 heteroatoms. The summed E-state index contributed by atoms with van der Waals surface area (Å²) < 4.78 is 18.8. The van der Waals surface area contributed by atoms with Gasteiger partial charge in [0.15, 0.2) is 5.76 Å². The summed E-state index contributed by atoms with van der Waals surface area (Å²) in [5, 5.41) is 1.39. The maximum Gasteiger partial charge on any atom is 0.228 e. The van der Waals surface area contributed by atoms with E-state index in [2.05, 4.69) is 0 Å². The van der Waals surface area contributed by atoms with Gasteiger partial charge in [-0.25, -0.2) is 0 Å². The number of benzene rings is 3. The third kappa shape index (κ3) is 3.59. The highest BCUT2D eigenvalue weighted by atomic mass is 35.5. The van der Waals surface area contributed by atoms with Crippen molar-refractivity contribution in [2.24, 2.45) is 0 Å². The second-order valence-corrected chi connectivity index (χ2v) is 7.93. The number of fused-ring (bicyclic) bond motifs is 1. The number of hydrogen-bond acceptors (Lipinski definition) is 3. The molecule has 0 saturated carbocycles. The molecule has 4 rings (SSSR count). The molecule has 0 saturated heterocycles. The Morgan fingerprint density at radius 1 is 0.889 bits per heavy atom. The van der Waals surface area contributed by atoms with Crippen LogP contribution in [0.1, 0.15) is 21.7 Å². The van der Waals surface area contributed by atoms with E-state index in [1.165, 1.54) is 0 Å². The smallest absolute Gasteiger partial charge is 0.228 e. The van der Waals surface area contributed by atoms with Gasteiger partial charge in [-0.15, -0.1) is 0 Å². The number of carbonyl (C=O) groups excluding carboxylic acids is 1. The van der Waals surface area contributed by atoms with Gasteiger partial charge in [-0.3, -0.25) is 9.00 Å². The Bertz CT molecular complexity index is 1130. The average Bonchev–Trinajstić information content (AvgIpc) is 3.07. The normalized spacial score (nSPS) is 12.2. The fourth-order valence-electron chi connectivity index (χ4n) is 2.95. The first kappa shape index (κ1) is 17.7. The molecule has 0 amide bonds. The molecule has 0 aliphatic heterocycles. The first-order chi connectivity index (χ1) is 13.1. The van der Waals surface area contributed by atoms with Crippen LogP contribution in [0.25, 0.3) is 11.0 Å². The fourth-order valence-corrected chi connectivity index (χ4v) is 4.23. The van der Waals surface area contributed by atoms with Gasteiger partial charge in [-0.1, -0.05) is 60.1 Å². The Morgan fingerprint density at radius 2 is 1.56 bits per heavy atom. The number of ketones is 1. The summed E-state index contributed by atoms with van der Waals surface area (Å²) in [6.45, 7) is 0. The Kier molecular flexibility index (Phi) is 4.92. The second kappa shape index (κ2) is 7.51. The molecular formula is C22H15ClO3S. The average molecular weight is 395 g/mol. The van der Waals surface area contributed by atoms with Crippen LogP contribution in [-0.4, -0.2) is 9.99 Å². The monoisotopic (exact) mass is 394 g/mol. The lowest BCUT2D eigenvalue weighted by atomic mass is 10.0. The second-order valence-electron chi connectivity index (χ2n) is 6.04. The maximum atomic E-state index is 13.0. The summed E-state index contributed by atoms with van der Waals surface area (Å²) in [6, 6.07) is 23.3. The van der Waals surface area contributed by atoms with Crippen LogP contribution in [0.5, 0.6) is 0 Å². The fraction of sp³-hybridized carbons (Fsp3) is 0.0455. The maximum absolute atomic E-state index is 13.0. The zero-order valence-electron chi connectivity index (χ0n) is 14.2. The summed E-state index contributed by atoms with van der Waals surface area (Å²) in [5.41, 5.74) is 1.81. The lowest BCUT2D eigenvalue weighted by molar-refractivity contribution is 0.101. The molecule has 1 atom stereocenters. The highest BCUT2D eigenvalue weighted by Gasteiger charge is 2.23. The van der Waals surface area contributed by atoms with Gasteiger partial charge in [0.05, 0.1) is 16.6 Å². The molecule has 3 nitrogen and oxygen atoms in total. The van der Waals surface area contributed by atoms with E-state index in [0.717, 1.165) is 5.39 Å². The van der Waals surface area contributed by atoms with Crippen LogP contribution >= 0.6 is 11.6 Å². The number of halogens is 1. The molecule has 0 aliphatic rings. The molecule has 0 spiro atoms. The van der Waals surface area contributed by atoms with Gasteiger partial charge in [-0.05, 0) is 30.3 Å². The van der Waals surface area contributed by atoms with Gasteiger partial charge >= 0.3 is 0 Å². The SMILES string of the molecule is O=C(c1ccccc1)c1oc2ccccc2c1CS(=O)c1ccc(Cl)cc1. The van der Waals surface area contributed by atoms with Crippen LogP contribution < -0.4 is 0 Å². The number of para-hydroxylation sites is 1. The number of carbonyl (C=O) groups is 1. The minimum absolute atomic E-state index is 0.187. The van der Waals surface area contributed by atoms with Crippen molar-refractivity contribution in [3.05, 3.63) is 101 Å². The summed E-state index contributed by atoms with van der Waals surface area (Å²) in [7, 11) is -1.33. The van der Waals surface area contributed by atoms with E-state index < -0.39 is 10.8 Å². The molecule has 0 aliphatic carbocycles. The van der Waals surface area contributed by atoms with Crippen molar-refractivity contribution in [3.63, 3.8) is 0 Å². The van der Waals surface area contributed by atoms with Gasteiger partial charge < -0.3 is 4.42 Å². The van der Waals surface area contributed by atoms with E-state index in [-0.39, 0.29) is 17.3 Å². The molecule has 0 N–H and O–H groups in total. The van der Waals surface area contributed by atoms with Crippen molar-refractivity contribution in [1.82, 2.24) is 0 Å². The minimum atomic E-state index is -1.33. The van der Waals surface area contributed by atoms with Crippen LogP contribution in [0, 0.1) is 0 Å². The van der Waals surface area contributed by atoms with Crippen LogP contribution in [0.15, 0.2) is 88.2 Å². The Morgan fingerprint density at radius 3 is 2.30 bits per heavy atom. The lowest BCUT2D eigenvalue weighted by Gasteiger charge is -2.05. The van der Waals surface area contributed by atoms with E-state index >= 15 is 0 Å². The minimum Gasteiger partial charge on any atom is -0.452 e. The molecular weight excluding hydrogens is 380 g/mol. The van der Waals surface area contributed by atoms with Gasteiger partial charge in [0.2, 0.25) is 5.78 Å². The summed E-state index contributed by atoms with van der Waals surface area (Å²) >= 11 is 5.91. The quantitative estimate of drug-likeness (QED) is 0.412. The highest BCUT2D eigenvalue weighted by molar-refractivity contribution is 7.84. The molecule has 1 heterocycles. The first-order valence-corrected chi connectivity index (χ1v) is 10.1. The highest BCUT2D eigenvalue weighted by Crippen LogP contribution is 2.30. The number of furan rings is 1. The molecule has 3 aromatic carbocycles. The zero-order valence-corrected chi connectivity index (χ0v) is 15.8. The van der Waals surface area contributed by atoms with Gasteiger partial charge in [0.25, 0.3) is 0 Å². The van der Waals surface area contributed by atoms with Crippen molar-refractivity contribution >= 4 is 39.2 Å².